The highest BCUT2D eigenvalue weighted by Gasteiger charge is 2.39. The summed E-state index contributed by atoms with van der Waals surface area (Å²) in [6, 6.07) is 0. The van der Waals surface area contributed by atoms with E-state index in [4.69, 9.17) is 4.74 Å². The van der Waals surface area contributed by atoms with Gasteiger partial charge in [-0.25, -0.2) is 0 Å². The second kappa shape index (κ2) is 8.23. The molecule has 20 heavy (non-hydrogen) atoms. The largest absolute Gasteiger partial charge is 0.466 e. The average molecular weight is 280 g/mol. The third kappa shape index (κ3) is 4.19. The van der Waals surface area contributed by atoms with E-state index >= 15 is 0 Å². The lowest BCUT2D eigenvalue weighted by atomic mass is 9.69. The van der Waals surface area contributed by atoms with Crippen LogP contribution in [-0.4, -0.2) is 18.4 Å². The fourth-order valence-electron chi connectivity index (χ4n) is 3.31. The number of carbonyl (C=O) groups excluding carboxylic acids is 2. The van der Waals surface area contributed by atoms with Crippen LogP contribution in [0.25, 0.3) is 0 Å². The molecule has 0 aromatic rings. The van der Waals surface area contributed by atoms with Gasteiger partial charge in [-0.2, -0.15) is 0 Å². The predicted octanol–water partition coefficient (Wildman–Crippen LogP) is 3.92. The number of ketones is 1. The number of carbonyl (C=O) groups is 2. The Labute approximate surface area is 122 Å². The molecule has 0 saturated carbocycles. The van der Waals surface area contributed by atoms with Crippen LogP contribution in [0.15, 0.2) is 11.6 Å². The number of esters is 1. The van der Waals surface area contributed by atoms with Crippen molar-refractivity contribution in [1.29, 1.82) is 0 Å². The molecular weight excluding hydrogens is 252 g/mol. The Kier molecular flexibility index (Phi) is 6.97. The third-order valence-corrected chi connectivity index (χ3v) is 4.34. The summed E-state index contributed by atoms with van der Waals surface area (Å²) in [6.07, 6.45) is 6.53. The first-order valence-corrected chi connectivity index (χ1v) is 7.92. The van der Waals surface area contributed by atoms with Crippen LogP contribution in [-0.2, 0) is 14.3 Å². The van der Waals surface area contributed by atoms with Crippen molar-refractivity contribution in [2.75, 3.05) is 6.61 Å². The van der Waals surface area contributed by atoms with Crippen LogP contribution >= 0.6 is 0 Å². The van der Waals surface area contributed by atoms with E-state index in [1.54, 1.807) is 6.08 Å². The Morgan fingerprint density at radius 1 is 1.40 bits per heavy atom. The molecule has 0 aromatic carbocycles. The smallest absolute Gasteiger partial charge is 0.313 e. The summed E-state index contributed by atoms with van der Waals surface area (Å²) >= 11 is 0. The van der Waals surface area contributed by atoms with Gasteiger partial charge >= 0.3 is 5.97 Å². The van der Waals surface area contributed by atoms with Gasteiger partial charge in [0.2, 0.25) is 0 Å². The zero-order valence-electron chi connectivity index (χ0n) is 13.3. The molecule has 3 atom stereocenters. The van der Waals surface area contributed by atoms with Crippen LogP contribution < -0.4 is 0 Å². The molecule has 3 nitrogen and oxygen atoms in total. The second-order valence-electron chi connectivity index (χ2n) is 5.76. The van der Waals surface area contributed by atoms with E-state index in [1.807, 2.05) is 13.8 Å². The van der Waals surface area contributed by atoms with Crippen molar-refractivity contribution in [2.24, 2.45) is 17.8 Å². The van der Waals surface area contributed by atoms with Crippen molar-refractivity contribution >= 4 is 11.8 Å². The van der Waals surface area contributed by atoms with E-state index in [1.165, 1.54) is 0 Å². The first-order chi connectivity index (χ1) is 9.54. The van der Waals surface area contributed by atoms with Crippen LogP contribution in [0.3, 0.4) is 0 Å². The Bertz CT molecular complexity index is 370. The Balaban J connectivity index is 2.95. The number of hydrogen-bond acceptors (Lipinski definition) is 3. The zero-order valence-corrected chi connectivity index (χ0v) is 13.3. The van der Waals surface area contributed by atoms with Gasteiger partial charge in [-0.05, 0) is 31.8 Å². The number of hydrogen-bond donors (Lipinski definition) is 0. The van der Waals surface area contributed by atoms with Crippen molar-refractivity contribution in [3.63, 3.8) is 0 Å². The summed E-state index contributed by atoms with van der Waals surface area (Å²) in [5.74, 6) is 0.311. The molecule has 0 aromatic heterocycles. The highest BCUT2D eigenvalue weighted by Crippen LogP contribution is 2.38. The van der Waals surface area contributed by atoms with Gasteiger partial charge in [0.1, 0.15) is 0 Å². The molecule has 114 valence electrons. The zero-order chi connectivity index (χ0) is 15.1. The molecule has 1 aliphatic rings. The maximum atomic E-state index is 12.2. The molecule has 3 heteroatoms. The summed E-state index contributed by atoms with van der Waals surface area (Å²) in [4.78, 5) is 24.1. The van der Waals surface area contributed by atoms with Gasteiger partial charge in [-0.15, -0.1) is 0 Å². The van der Waals surface area contributed by atoms with Gasteiger partial charge in [0, 0.05) is 6.42 Å². The van der Waals surface area contributed by atoms with E-state index in [0.717, 1.165) is 31.3 Å². The van der Waals surface area contributed by atoms with Crippen LogP contribution in [0.4, 0.5) is 0 Å². The Morgan fingerprint density at radius 3 is 2.65 bits per heavy atom. The summed E-state index contributed by atoms with van der Waals surface area (Å²) in [7, 11) is 0. The maximum Gasteiger partial charge on any atom is 0.313 e. The van der Waals surface area contributed by atoms with Gasteiger partial charge in [0.15, 0.2) is 5.78 Å². The summed E-state index contributed by atoms with van der Waals surface area (Å²) < 4.78 is 5.23. The molecule has 1 rings (SSSR count). The minimum Gasteiger partial charge on any atom is -0.466 e. The molecule has 0 N–H and O–H groups in total. The van der Waals surface area contributed by atoms with E-state index in [0.29, 0.717) is 18.9 Å². The van der Waals surface area contributed by atoms with Crippen LogP contribution in [0, 0.1) is 17.8 Å². The highest BCUT2D eigenvalue weighted by molar-refractivity contribution is 5.94. The van der Waals surface area contributed by atoms with Gasteiger partial charge < -0.3 is 4.74 Å². The predicted molar refractivity (Wildman–Crippen MR) is 80.3 cm³/mol. The van der Waals surface area contributed by atoms with E-state index in [-0.39, 0.29) is 23.6 Å². The van der Waals surface area contributed by atoms with Crippen molar-refractivity contribution < 1.29 is 14.3 Å². The molecule has 0 amide bonds. The number of allylic oxidation sites excluding steroid dienone is 1. The Hall–Kier alpha value is -1.12. The first-order valence-electron chi connectivity index (χ1n) is 7.92. The lowest BCUT2D eigenvalue weighted by Crippen LogP contribution is -2.36. The van der Waals surface area contributed by atoms with Gasteiger partial charge in [-0.1, -0.05) is 45.1 Å². The standard InChI is InChI=1S/C17H28O3/c1-5-8-9-13(6-2)15-11-14(18)10-12(4)16(15)17(19)20-7-3/h10,13,15-16H,5-9,11H2,1-4H3/t13-,15+,16-/m0/s1. The van der Waals surface area contributed by atoms with Crippen molar-refractivity contribution in [3.05, 3.63) is 11.6 Å². The van der Waals surface area contributed by atoms with Gasteiger partial charge in [0.25, 0.3) is 0 Å². The van der Waals surface area contributed by atoms with E-state index in [9.17, 15) is 9.59 Å². The van der Waals surface area contributed by atoms with Gasteiger partial charge in [0.05, 0.1) is 12.5 Å². The molecular formula is C17H28O3. The van der Waals surface area contributed by atoms with Gasteiger partial charge in [-0.3, -0.25) is 9.59 Å². The first kappa shape index (κ1) is 16.9. The van der Waals surface area contributed by atoms with E-state index in [2.05, 4.69) is 13.8 Å². The van der Waals surface area contributed by atoms with E-state index < -0.39 is 0 Å². The average Bonchev–Trinajstić information content (AvgIpc) is 2.39. The van der Waals surface area contributed by atoms with Crippen molar-refractivity contribution in [2.45, 2.75) is 59.8 Å². The molecule has 1 aliphatic carbocycles. The minimum atomic E-state index is -0.227. The third-order valence-electron chi connectivity index (χ3n) is 4.34. The molecule has 0 radical (unpaired) electrons. The number of unbranched alkanes of at least 4 members (excludes halogenated alkanes) is 1. The molecule has 0 aliphatic heterocycles. The summed E-state index contributed by atoms with van der Waals surface area (Å²) in [5, 5.41) is 0. The molecule has 0 fully saturated rings. The fraction of sp³-hybridized carbons (Fsp3) is 0.765. The summed E-state index contributed by atoms with van der Waals surface area (Å²) in [6.45, 7) is 8.44. The molecule has 0 saturated heterocycles. The Morgan fingerprint density at radius 2 is 2.10 bits per heavy atom. The lowest BCUT2D eigenvalue weighted by molar-refractivity contribution is -0.149. The second-order valence-corrected chi connectivity index (χ2v) is 5.76. The van der Waals surface area contributed by atoms with Crippen molar-refractivity contribution in [1.82, 2.24) is 0 Å². The van der Waals surface area contributed by atoms with Crippen LogP contribution in [0.5, 0.6) is 0 Å². The maximum absolute atomic E-state index is 12.2. The fourth-order valence-corrected chi connectivity index (χ4v) is 3.31. The SMILES string of the molecule is CCCC[C@H](CC)[C@H]1CC(=O)C=C(C)[C@@H]1C(=O)OCC. The number of rotatable bonds is 7. The molecule has 0 unspecified atom stereocenters. The lowest BCUT2D eigenvalue weighted by Gasteiger charge is -2.34. The summed E-state index contributed by atoms with van der Waals surface area (Å²) in [5.41, 5.74) is 0.875. The molecule has 0 heterocycles. The molecule has 0 spiro atoms. The van der Waals surface area contributed by atoms with Crippen LogP contribution in [0.1, 0.15) is 59.8 Å². The highest BCUT2D eigenvalue weighted by atomic mass is 16.5. The quantitative estimate of drug-likeness (QED) is 0.664. The topological polar surface area (TPSA) is 43.4 Å². The number of ether oxygens (including phenoxy) is 1. The van der Waals surface area contributed by atoms with Crippen LogP contribution in [0.2, 0.25) is 0 Å². The molecule has 0 bridgehead atoms. The van der Waals surface area contributed by atoms with Crippen molar-refractivity contribution in [3.8, 4) is 0 Å². The minimum absolute atomic E-state index is 0.114. The monoisotopic (exact) mass is 280 g/mol. The normalized spacial score (nSPS) is 24.2.